The van der Waals surface area contributed by atoms with Crippen molar-refractivity contribution in [2.24, 2.45) is 0 Å². The molecule has 1 aromatic heterocycles. The van der Waals surface area contributed by atoms with Crippen molar-refractivity contribution in [3.8, 4) is 0 Å². The van der Waals surface area contributed by atoms with Crippen molar-refractivity contribution in [2.75, 3.05) is 30.2 Å². The largest absolute Gasteiger partial charge is 0.378 e. The van der Waals surface area contributed by atoms with Crippen molar-refractivity contribution in [1.82, 2.24) is 4.98 Å². The SMILES string of the molecule is CN(C)c1ccc(C(=O)N(Cc2ccccc2)c2nc3ccc(S(C)(=O)=O)cc3s2)cc1. The number of fused-ring (bicyclic) bond motifs is 1. The van der Waals surface area contributed by atoms with Crippen LogP contribution in [-0.4, -0.2) is 39.7 Å². The van der Waals surface area contributed by atoms with Crippen molar-refractivity contribution >= 4 is 48.1 Å². The molecule has 0 saturated heterocycles. The number of rotatable bonds is 6. The fraction of sp³-hybridized carbons (Fsp3) is 0.167. The molecule has 0 N–H and O–H groups in total. The fourth-order valence-corrected chi connectivity index (χ4v) is 5.01. The summed E-state index contributed by atoms with van der Waals surface area (Å²) < 4.78 is 24.6. The Bertz CT molecular complexity index is 1360. The molecule has 0 bridgehead atoms. The minimum absolute atomic E-state index is 0.165. The number of benzene rings is 3. The molecule has 1 amide bonds. The van der Waals surface area contributed by atoms with Crippen LogP contribution in [0.25, 0.3) is 10.2 Å². The molecule has 0 aliphatic rings. The molecule has 1 heterocycles. The van der Waals surface area contributed by atoms with Gasteiger partial charge < -0.3 is 4.90 Å². The van der Waals surface area contributed by atoms with Gasteiger partial charge in [-0.05, 0) is 48.0 Å². The molecule has 0 aliphatic heterocycles. The van der Waals surface area contributed by atoms with E-state index in [1.165, 1.54) is 17.6 Å². The molecule has 0 spiro atoms. The van der Waals surface area contributed by atoms with Crippen molar-refractivity contribution in [1.29, 1.82) is 0 Å². The van der Waals surface area contributed by atoms with E-state index < -0.39 is 9.84 Å². The summed E-state index contributed by atoms with van der Waals surface area (Å²) in [7, 11) is 0.568. The topological polar surface area (TPSA) is 70.6 Å². The van der Waals surface area contributed by atoms with Gasteiger partial charge in [0.2, 0.25) is 0 Å². The zero-order valence-corrected chi connectivity index (χ0v) is 19.7. The molecule has 3 aromatic carbocycles. The first kappa shape index (κ1) is 22.0. The summed E-state index contributed by atoms with van der Waals surface area (Å²) >= 11 is 1.31. The minimum Gasteiger partial charge on any atom is -0.378 e. The van der Waals surface area contributed by atoms with E-state index in [0.29, 0.717) is 22.8 Å². The van der Waals surface area contributed by atoms with Crippen LogP contribution in [0.15, 0.2) is 77.7 Å². The Labute approximate surface area is 191 Å². The molecule has 0 radical (unpaired) electrons. The third-order valence-corrected chi connectivity index (χ3v) is 7.22. The van der Waals surface area contributed by atoms with Gasteiger partial charge in [0.25, 0.3) is 5.91 Å². The van der Waals surface area contributed by atoms with Gasteiger partial charge in [-0.3, -0.25) is 9.69 Å². The molecule has 0 atom stereocenters. The van der Waals surface area contributed by atoms with Crippen molar-refractivity contribution in [3.05, 3.63) is 83.9 Å². The molecular formula is C24H23N3O3S2. The highest BCUT2D eigenvalue weighted by Gasteiger charge is 2.22. The predicted octanol–water partition coefficient (Wildman–Crippen LogP) is 4.61. The number of nitrogens with zero attached hydrogens (tertiary/aromatic N) is 3. The van der Waals surface area contributed by atoms with Crippen LogP contribution in [0.5, 0.6) is 0 Å². The van der Waals surface area contributed by atoms with E-state index in [-0.39, 0.29) is 10.8 Å². The number of anilines is 2. The van der Waals surface area contributed by atoms with Crippen LogP contribution in [0.1, 0.15) is 15.9 Å². The van der Waals surface area contributed by atoms with Gasteiger partial charge in [0.1, 0.15) is 0 Å². The number of hydrogen-bond donors (Lipinski definition) is 0. The molecule has 0 aliphatic carbocycles. The van der Waals surface area contributed by atoms with Crippen molar-refractivity contribution < 1.29 is 13.2 Å². The summed E-state index contributed by atoms with van der Waals surface area (Å²) in [5.41, 5.74) is 3.19. The summed E-state index contributed by atoms with van der Waals surface area (Å²) in [6, 6.07) is 22.0. The molecule has 164 valence electrons. The lowest BCUT2D eigenvalue weighted by Crippen LogP contribution is -2.30. The molecule has 6 nitrogen and oxygen atoms in total. The van der Waals surface area contributed by atoms with Gasteiger partial charge in [-0.25, -0.2) is 13.4 Å². The van der Waals surface area contributed by atoms with Crippen LogP contribution in [0.4, 0.5) is 10.8 Å². The molecule has 0 fully saturated rings. The maximum Gasteiger partial charge on any atom is 0.260 e. The lowest BCUT2D eigenvalue weighted by molar-refractivity contribution is 0.0985. The van der Waals surface area contributed by atoms with E-state index in [9.17, 15) is 13.2 Å². The molecule has 4 rings (SSSR count). The molecule has 4 aromatic rings. The first-order valence-electron chi connectivity index (χ1n) is 9.96. The third kappa shape index (κ3) is 4.66. The van der Waals surface area contributed by atoms with Crippen LogP contribution >= 0.6 is 11.3 Å². The molecule has 0 saturated carbocycles. The second kappa shape index (κ2) is 8.72. The van der Waals surface area contributed by atoms with Crippen LogP contribution in [0.2, 0.25) is 0 Å². The van der Waals surface area contributed by atoms with Crippen LogP contribution < -0.4 is 9.80 Å². The summed E-state index contributed by atoms with van der Waals surface area (Å²) in [6.07, 6.45) is 1.18. The minimum atomic E-state index is -3.33. The van der Waals surface area contributed by atoms with Gasteiger partial charge in [-0.15, -0.1) is 0 Å². The number of amides is 1. The number of sulfone groups is 1. The predicted molar refractivity (Wildman–Crippen MR) is 130 cm³/mol. The average Bonchev–Trinajstić information content (AvgIpc) is 3.20. The van der Waals surface area contributed by atoms with Crippen molar-refractivity contribution in [2.45, 2.75) is 11.4 Å². The highest BCUT2D eigenvalue weighted by molar-refractivity contribution is 7.90. The van der Waals surface area contributed by atoms with Gasteiger partial charge in [0, 0.05) is 31.6 Å². The van der Waals surface area contributed by atoms with Gasteiger partial charge in [0.15, 0.2) is 15.0 Å². The molecule has 32 heavy (non-hydrogen) atoms. The smallest absolute Gasteiger partial charge is 0.260 e. The summed E-state index contributed by atoms with van der Waals surface area (Å²) in [5, 5.41) is 0.524. The number of hydrogen-bond acceptors (Lipinski definition) is 6. The Morgan fingerprint density at radius 1 is 0.969 bits per heavy atom. The number of carbonyl (C=O) groups excluding carboxylic acids is 1. The second-order valence-corrected chi connectivity index (χ2v) is 10.7. The maximum atomic E-state index is 13.5. The summed E-state index contributed by atoms with van der Waals surface area (Å²) in [5.74, 6) is -0.165. The zero-order valence-electron chi connectivity index (χ0n) is 18.0. The van der Waals surface area contributed by atoms with E-state index in [4.69, 9.17) is 0 Å². The Balaban J connectivity index is 1.76. The van der Waals surface area contributed by atoms with Crippen LogP contribution in [0, 0.1) is 0 Å². The quantitative estimate of drug-likeness (QED) is 0.416. The maximum absolute atomic E-state index is 13.5. The second-order valence-electron chi connectivity index (χ2n) is 7.72. The Morgan fingerprint density at radius 2 is 1.66 bits per heavy atom. The monoisotopic (exact) mass is 465 g/mol. The van der Waals surface area contributed by atoms with Gasteiger partial charge in [0.05, 0.1) is 21.7 Å². The Kier molecular flexibility index (Phi) is 5.99. The normalized spacial score (nSPS) is 11.5. The molecule has 8 heteroatoms. The first-order valence-corrected chi connectivity index (χ1v) is 12.7. The lowest BCUT2D eigenvalue weighted by atomic mass is 10.1. The number of carbonyl (C=O) groups is 1. The highest BCUT2D eigenvalue weighted by atomic mass is 32.2. The Hall–Kier alpha value is -3.23. The fourth-order valence-electron chi connectivity index (χ4n) is 3.29. The number of thiazole rings is 1. The lowest BCUT2D eigenvalue weighted by Gasteiger charge is -2.21. The molecular weight excluding hydrogens is 442 g/mol. The van der Waals surface area contributed by atoms with Gasteiger partial charge >= 0.3 is 0 Å². The van der Waals surface area contributed by atoms with Gasteiger partial charge in [-0.2, -0.15) is 0 Å². The highest BCUT2D eigenvalue weighted by Crippen LogP contribution is 2.32. The van der Waals surface area contributed by atoms with Crippen molar-refractivity contribution in [3.63, 3.8) is 0 Å². The summed E-state index contributed by atoms with van der Waals surface area (Å²) in [4.78, 5) is 22.0. The van der Waals surface area contributed by atoms with Gasteiger partial charge in [-0.1, -0.05) is 41.7 Å². The van der Waals surface area contributed by atoms with E-state index in [2.05, 4.69) is 4.98 Å². The van der Waals surface area contributed by atoms with E-state index in [1.807, 2.05) is 73.6 Å². The van der Waals surface area contributed by atoms with Crippen LogP contribution in [-0.2, 0) is 16.4 Å². The third-order valence-electron chi connectivity index (χ3n) is 5.07. The number of aromatic nitrogens is 1. The van der Waals surface area contributed by atoms with E-state index in [0.717, 1.165) is 16.0 Å². The van der Waals surface area contributed by atoms with E-state index in [1.54, 1.807) is 23.1 Å². The summed E-state index contributed by atoms with van der Waals surface area (Å²) in [6.45, 7) is 0.355. The van der Waals surface area contributed by atoms with E-state index >= 15 is 0 Å². The standard InChI is InChI=1S/C24H23N3O3S2/c1-26(2)19-11-9-18(10-12-19)23(28)27(16-17-7-5-4-6-8-17)24-25-21-14-13-20(32(3,29)30)15-22(21)31-24/h4-15H,16H2,1-3H3. The zero-order chi connectivity index (χ0) is 22.9. The molecule has 0 unspecified atom stereocenters. The first-order chi connectivity index (χ1) is 15.2. The Morgan fingerprint density at radius 3 is 2.28 bits per heavy atom. The van der Waals surface area contributed by atoms with Crippen LogP contribution in [0.3, 0.4) is 0 Å². The average molecular weight is 466 g/mol.